The third-order valence-electron chi connectivity index (χ3n) is 10.0. The van der Waals surface area contributed by atoms with E-state index in [9.17, 15) is 0 Å². The van der Waals surface area contributed by atoms with Crippen LogP contribution in [0.25, 0.3) is 70.6 Å². The van der Waals surface area contributed by atoms with Crippen molar-refractivity contribution in [3.05, 3.63) is 200 Å². The fourth-order valence-corrected chi connectivity index (χ4v) is 8.57. The van der Waals surface area contributed by atoms with Gasteiger partial charge in [-0.3, -0.25) is 4.40 Å². The van der Waals surface area contributed by atoms with Gasteiger partial charge in [0.15, 0.2) is 0 Å². The Hall–Kier alpha value is -6.75. The first kappa shape index (κ1) is 31.0. The second kappa shape index (κ2) is 13.1. The highest BCUT2D eigenvalue weighted by molar-refractivity contribution is 7.25. The van der Waals surface area contributed by atoms with Crippen LogP contribution in [-0.4, -0.2) is 9.38 Å². The summed E-state index contributed by atoms with van der Waals surface area (Å²) in [6.07, 6.45) is 2.09. The predicted molar refractivity (Wildman–Crippen MR) is 225 cm³/mol. The molecule has 0 saturated heterocycles. The normalized spacial score (nSPS) is 11.4. The SMILES string of the molecule is c1ccc(-c2nc3ccccn3c2-c2ccc(N(c3ccccc3)c3ccc(-c4ccc(-c5ccc6c(c5)sc5ccccc56)cc4)cc3)cc2)cc1. The molecule has 0 fully saturated rings. The van der Waals surface area contributed by atoms with Crippen molar-refractivity contribution in [3.8, 4) is 44.8 Å². The van der Waals surface area contributed by atoms with Gasteiger partial charge in [0.25, 0.3) is 0 Å². The molecule has 0 aliphatic rings. The van der Waals surface area contributed by atoms with Crippen LogP contribution in [-0.2, 0) is 0 Å². The Morgan fingerprint density at radius 1 is 0.396 bits per heavy atom. The van der Waals surface area contributed by atoms with Crippen molar-refractivity contribution in [1.82, 2.24) is 9.38 Å². The van der Waals surface area contributed by atoms with Gasteiger partial charge in [0.05, 0.1) is 11.4 Å². The van der Waals surface area contributed by atoms with Crippen molar-refractivity contribution in [1.29, 1.82) is 0 Å². The van der Waals surface area contributed by atoms with Crippen LogP contribution in [0.4, 0.5) is 17.1 Å². The van der Waals surface area contributed by atoms with Crippen LogP contribution in [0.1, 0.15) is 0 Å². The van der Waals surface area contributed by atoms with Gasteiger partial charge in [-0.05, 0) is 82.9 Å². The molecule has 0 aliphatic carbocycles. The fourth-order valence-electron chi connectivity index (χ4n) is 7.43. The summed E-state index contributed by atoms with van der Waals surface area (Å²) in [6.45, 7) is 0. The van der Waals surface area contributed by atoms with E-state index < -0.39 is 0 Å². The monoisotopic (exact) mass is 695 g/mol. The van der Waals surface area contributed by atoms with Gasteiger partial charge in [-0.2, -0.15) is 0 Å². The Morgan fingerprint density at radius 3 is 1.64 bits per heavy atom. The average molecular weight is 696 g/mol. The maximum atomic E-state index is 5.04. The second-order valence-electron chi connectivity index (χ2n) is 13.3. The van der Waals surface area contributed by atoms with Crippen molar-refractivity contribution in [2.24, 2.45) is 0 Å². The molecule has 0 saturated carbocycles. The van der Waals surface area contributed by atoms with E-state index in [1.54, 1.807) is 0 Å². The highest BCUT2D eigenvalue weighted by Gasteiger charge is 2.18. The molecule has 0 N–H and O–H groups in total. The van der Waals surface area contributed by atoms with Gasteiger partial charge in [-0.25, -0.2) is 4.98 Å². The first-order chi connectivity index (χ1) is 26.3. The van der Waals surface area contributed by atoms with Gasteiger partial charge in [0.1, 0.15) is 5.65 Å². The van der Waals surface area contributed by atoms with E-state index >= 15 is 0 Å². The van der Waals surface area contributed by atoms with Crippen LogP contribution in [0.3, 0.4) is 0 Å². The predicted octanol–water partition coefficient (Wildman–Crippen LogP) is 13.8. The van der Waals surface area contributed by atoms with Gasteiger partial charge >= 0.3 is 0 Å². The molecule has 250 valence electrons. The number of hydrogen-bond donors (Lipinski definition) is 0. The Kier molecular flexibility index (Phi) is 7.67. The lowest BCUT2D eigenvalue weighted by molar-refractivity contribution is 1.19. The van der Waals surface area contributed by atoms with Crippen LogP contribution < -0.4 is 4.90 Å². The van der Waals surface area contributed by atoms with Gasteiger partial charge < -0.3 is 4.90 Å². The van der Waals surface area contributed by atoms with Gasteiger partial charge in [-0.1, -0.05) is 133 Å². The number of rotatable bonds is 7. The number of fused-ring (bicyclic) bond motifs is 4. The number of benzene rings is 7. The lowest BCUT2D eigenvalue weighted by Gasteiger charge is -2.26. The summed E-state index contributed by atoms with van der Waals surface area (Å²) in [5, 5.41) is 2.66. The van der Waals surface area contributed by atoms with Crippen LogP contribution >= 0.6 is 11.3 Å². The zero-order valence-corrected chi connectivity index (χ0v) is 29.6. The quantitative estimate of drug-likeness (QED) is 0.165. The average Bonchev–Trinajstić information content (AvgIpc) is 3.81. The Morgan fingerprint density at radius 2 is 0.925 bits per heavy atom. The molecule has 10 rings (SSSR count). The van der Waals surface area contributed by atoms with Crippen molar-refractivity contribution in [2.45, 2.75) is 0 Å². The summed E-state index contributed by atoms with van der Waals surface area (Å²) in [5.74, 6) is 0. The molecule has 0 unspecified atom stereocenters. The number of nitrogens with zero attached hydrogens (tertiary/aromatic N) is 3. The molecule has 10 aromatic rings. The Labute approximate surface area is 312 Å². The van der Waals surface area contributed by atoms with E-state index in [2.05, 4.69) is 197 Å². The first-order valence-corrected chi connectivity index (χ1v) is 18.7. The molecule has 3 nitrogen and oxygen atoms in total. The maximum absolute atomic E-state index is 5.04. The molecule has 0 spiro atoms. The molecule has 7 aromatic carbocycles. The van der Waals surface area contributed by atoms with Crippen molar-refractivity contribution in [3.63, 3.8) is 0 Å². The van der Waals surface area contributed by atoms with E-state index in [0.29, 0.717) is 0 Å². The molecule has 0 radical (unpaired) electrons. The lowest BCUT2D eigenvalue weighted by atomic mass is 9.99. The summed E-state index contributed by atoms with van der Waals surface area (Å²) < 4.78 is 4.84. The van der Waals surface area contributed by atoms with E-state index in [1.807, 2.05) is 23.5 Å². The summed E-state index contributed by atoms with van der Waals surface area (Å²) in [4.78, 5) is 7.35. The largest absolute Gasteiger partial charge is 0.311 e. The van der Waals surface area contributed by atoms with Crippen molar-refractivity contribution >= 4 is 54.2 Å². The van der Waals surface area contributed by atoms with Crippen LogP contribution in [0.2, 0.25) is 0 Å². The van der Waals surface area contributed by atoms with E-state index in [0.717, 1.165) is 45.2 Å². The summed E-state index contributed by atoms with van der Waals surface area (Å²) in [7, 11) is 0. The molecule has 53 heavy (non-hydrogen) atoms. The molecular formula is C49H33N3S. The first-order valence-electron chi connectivity index (χ1n) is 17.9. The summed E-state index contributed by atoms with van der Waals surface area (Å²) >= 11 is 1.86. The zero-order chi connectivity index (χ0) is 35.1. The minimum absolute atomic E-state index is 0.930. The zero-order valence-electron chi connectivity index (χ0n) is 28.8. The molecular weight excluding hydrogens is 663 g/mol. The number of pyridine rings is 1. The van der Waals surface area contributed by atoms with Crippen LogP contribution in [0.5, 0.6) is 0 Å². The third-order valence-corrected chi connectivity index (χ3v) is 11.2. The summed E-state index contributed by atoms with van der Waals surface area (Å²) in [5.41, 5.74) is 13.3. The van der Waals surface area contributed by atoms with E-state index in [1.165, 1.54) is 42.4 Å². The maximum Gasteiger partial charge on any atom is 0.137 e. The van der Waals surface area contributed by atoms with E-state index in [-0.39, 0.29) is 0 Å². The molecule has 0 amide bonds. The number of para-hydroxylation sites is 1. The van der Waals surface area contributed by atoms with Gasteiger partial charge in [0.2, 0.25) is 0 Å². The van der Waals surface area contributed by atoms with Gasteiger partial charge in [0, 0.05) is 54.6 Å². The third kappa shape index (κ3) is 5.66. The Bertz CT molecular complexity index is 2850. The highest BCUT2D eigenvalue weighted by atomic mass is 32.1. The van der Waals surface area contributed by atoms with E-state index in [4.69, 9.17) is 4.98 Å². The number of hydrogen-bond acceptors (Lipinski definition) is 3. The molecule has 3 aromatic heterocycles. The highest BCUT2D eigenvalue weighted by Crippen LogP contribution is 2.40. The number of imidazole rings is 1. The Balaban J connectivity index is 0.959. The number of aromatic nitrogens is 2. The standard InChI is InChI=1S/C49H33N3S/c1-3-11-37(12-4-1)48-49(51-32-10-9-17-47(51)50-48)38-24-29-42(30-25-38)52(40-13-5-2-6-14-40)41-27-22-35(23-28-41)34-18-20-36(21-19-34)39-26-31-44-43-15-7-8-16-45(43)53-46(44)33-39/h1-33H. The minimum atomic E-state index is 0.930. The van der Waals surface area contributed by atoms with Crippen LogP contribution in [0.15, 0.2) is 200 Å². The number of thiophene rings is 1. The second-order valence-corrected chi connectivity index (χ2v) is 14.3. The molecule has 0 atom stereocenters. The van der Waals surface area contributed by atoms with Crippen molar-refractivity contribution in [2.75, 3.05) is 4.90 Å². The summed E-state index contributed by atoms with van der Waals surface area (Å²) in [6, 6.07) is 69.3. The minimum Gasteiger partial charge on any atom is -0.311 e. The van der Waals surface area contributed by atoms with Crippen LogP contribution in [0, 0.1) is 0 Å². The molecule has 3 heterocycles. The smallest absolute Gasteiger partial charge is 0.137 e. The fraction of sp³-hybridized carbons (Fsp3) is 0. The van der Waals surface area contributed by atoms with Crippen molar-refractivity contribution < 1.29 is 0 Å². The molecule has 4 heteroatoms. The topological polar surface area (TPSA) is 20.5 Å². The van der Waals surface area contributed by atoms with Gasteiger partial charge in [-0.15, -0.1) is 11.3 Å². The molecule has 0 bridgehead atoms. The molecule has 0 aliphatic heterocycles. The lowest BCUT2D eigenvalue weighted by Crippen LogP contribution is -2.09. The number of anilines is 3.